The molecule has 3 rings (SSSR count). The Morgan fingerprint density at radius 1 is 0.939 bits per heavy atom. The maximum Gasteiger partial charge on any atom is 0.322 e. The Labute approximate surface area is 198 Å². The zero-order valence-corrected chi connectivity index (χ0v) is 20.7. The lowest BCUT2D eigenvalue weighted by Crippen LogP contribution is -2.38. The van der Waals surface area contributed by atoms with E-state index >= 15 is 0 Å². The Kier molecular flexibility index (Phi) is 8.50. The van der Waals surface area contributed by atoms with Crippen LogP contribution < -0.4 is 10.6 Å². The lowest BCUT2D eigenvalue weighted by Gasteiger charge is -2.31. The molecule has 1 aliphatic carbocycles. The average molecular weight is 451 g/mol. The fraction of sp³-hybridized carbons (Fsp3) is 0.481. The van der Waals surface area contributed by atoms with Gasteiger partial charge in [0.25, 0.3) is 0 Å². The summed E-state index contributed by atoms with van der Waals surface area (Å²) in [5.41, 5.74) is 5.89. The number of carbonyl (C=O) groups is 2. The standard InChI is InChI=1S/C27H38N4O2/c1-19-15-20(2)26(21(3)16-19)29-25(32)18-31(5)27(33)28-24-14-10-9-11-22(24)17-30(4)23-12-7-6-8-13-23/h9-11,14-16,23H,6-8,12-13,17-18H2,1-5H3,(H,28,33)(H,29,32). The van der Waals surface area contributed by atoms with Gasteiger partial charge in [0, 0.05) is 31.0 Å². The molecule has 0 bridgehead atoms. The molecule has 178 valence electrons. The van der Waals surface area contributed by atoms with Gasteiger partial charge in [0.1, 0.15) is 6.54 Å². The molecule has 0 radical (unpaired) electrons. The van der Waals surface area contributed by atoms with E-state index in [1.54, 1.807) is 7.05 Å². The van der Waals surface area contributed by atoms with Crippen LogP contribution in [0.1, 0.15) is 54.4 Å². The van der Waals surface area contributed by atoms with Crippen LogP contribution in [0.5, 0.6) is 0 Å². The van der Waals surface area contributed by atoms with Crippen molar-refractivity contribution in [3.8, 4) is 0 Å². The van der Waals surface area contributed by atoms with Crippen molar-refractivity contribution in [1.82, 2.24) is 9.80 Å². The van der Waals surface area contributed by atoms with Crippen molar-refractivity contribution < 1.29 is 9.59 Å². The Bertz CT molecular complexity index is 959. The molecule has 0 aromatic heterocycles. The van der Waals surface area contributed by atoms with Crippen LogP contribution in [0.3, 0.4) is 0 Å². The molecule has 2 N–H and O–H groups in total. The minimum Gasteiger partial charge on any atom is -0.324 e. The molecule has 6 heteroatoms. The summed E-state index contributed by atoms with van der Waals surface area (Å²) in [6, 6.07) is 12.3. The first-order valence-corrected chi connectivity index (χ1v) is 11.9. The van der Waals surface area contributed by atoms with Crippen LogP contribution >= 0.6 is 0 Å². The van der Waals surface area contributed by atoms with Crippen LogP contribution in [0.15, 0.2) is 36.4 Å². The molecule has 0 aliphatic heterocycles. The van der Waals surface area contributed by atoms with E-state index in [9.17, 15) is 9.59 Å². The van der Waals surface area contributed by atoms with E-state index in [0.29, 0.717) is 6.04 Å². The summed E-state index contributed by atoms with van der Waals surface area (Å²) in [6.45, 7) is 6.76. The molecule has 2 aromatic rings. The van der Waals surface area contributed by atoms with Crippen molar-refractivity contribution in [2.45, 2.75) is 65.5 Å². The van der Waals surface area contributed by atoms with E-state index in [0.717, 1.165) is 40.2 Å². The van der Waals surface area contributed by atoms with Gasteiger partial charge in [0.15, 0.2) is 0 Å². The van der Waals surface area contributed by atoms with Gasteiger partial charge in [-0.25, -0.2) is 4.79 Å². The zero-order valence-electron chi connectivity index (χ0n) is 20.7. The quantitative estimate of drug-likeness (QED) is 0.587. The van der Waals surface area contributed by atoms with Gasteiger partial charge in [-0.15, -0.1) is 0 Å². The molecule has 3 amide bonds. The van der Waals surface area contributed by atoms with Gasteiger partial charge in [-0.05, 0) is 63.4 Å². The Morgan fingerprint density at radius 2 is 1.58 bits per heavy atom. The number of nitrogens with one attached hydrogen (secondary N) is 2. The molecule has 0 saturated heterocycles. The van der Waals surface area contributed by atoms with Crippen LogP contribution in [0.2, 0.25) is 0 Å². The van der Waals surface area contributed by atoms with Gasteiger partial charge in [-0.3, -0.25) is 9.69 Å². The molecular weight excluding hydrogens is 412 g/mol. The SMILES string of the molecule is Cc1cc(C)c(NC(=O)CN(C)C(=O)Nc2ccccc2CN(C)C2CCCCC2)c(C)c1. The van der Waals surface area contributed by atoms with Crippen molar-refractivity contribution in [2.75, 3.05) is 31.3 Å². The molecule has 1 saturated carbocycles. The molecule has 1 aliphatic rings. The summed E-state index contributed by atoms with van der Waals surface area (Å²) in [7, 11) is 3.81. The fourth-order valence-corrected chi connectivity index (χ4v) is 4.75. The summed E-state index contributed by atoms with van der Waals surface area (Å²) in [6.07, 6.45) is 6.40. The number of urea groups is 1. The third kappa shape index (κ3) is 6.81. The molecule has 0 unspecified atom stereocenters. The number of para-hydroxylation sites is 1. The first-order chi connectivity index (χ1) is 15.7. The van der Waals surface area contributed by atoms with Crippen molar-refractivity contribution >= 4 is 23.3 Å². The van der Waals surface area contributed by atoms with E-state index < -0.39 is 0 Å². The van der Waals surface area contributed by atoms with Crippen molar-refractivity contribution in [2.24, 2.45) is 0 Å². The first kappa shape index (κ1) is 24.8. The van der Waals surface area contributed by atoms with Crippen LogP contribution in [0.4, 0.5) is 16.2 Å². The number of rotatable bonds is 7. The van der Waals surface area contributed by atoms with Crippen LogP contribution in [0.25, 0.3) is 0 Å². The van der Waals surface area contributed by atoms with E-state index in [-0.39, 0.29) is 18.5 Å². The molecule has 33 heavy (non-hydrogen) atoms. The third-order valence-corrected chi connectivity index (χ3v) is 6.55. The highest BCUT2D eigenvalue weighted by Crippen LogP contribution is 2.25. The largest absolute Gasteiger partial charge is 0.324 e. The second-order valence-corrected chi connectivity index (χ2v) is 9.47. The second-order valence-electron chi connectivity index (χ2n) is 9.47. The zero-order chi connectivity index (χ0) is 24.0. The Hall–Kier alpha value is -2.86. The normalized spacial score (nSPS) is 14.2. The van der Waals surface area contributed by atoms with Crippen molar-refractivity contribution in [1.29, 1.82) is 0 Å². The minimum absolute atomic E-state index is 0.0251. The monoisotopic (exact) mass is 450 g/mol. The molecule has 0 atom stereocenters. The summed E-state index contributed by atoms with van der Waals surface area (Å²) in [5, 5.41) is 5.96. The molecular formula is C27H38N4O2. The number of hydrogen-bond acceptors (Lipinski definition) is 3. The predicted octanol–water partition coefficient (Wildman–Crippen LogP) is 5.48. The summed E-state index contributed by atoms with van der Waals surface area (Å²) >= 11 is 0. The average Bonchev–Trinajstić information content (AvgIpc) is 2.78. The topological polar surface area (TPSA) is 64.7 Å². The maximum absolute atomic E-state index is 12.8. The predicted molar refractivity (Wildman–Crippen MR) is 136 cm³/mol. The molecule has 0 heterocycles. The Balaban J connectivity index is 1.59. The summed E-state index contributed by atoms with van der Waals surface area (Å²) < 4.78 is 0. The summed E-state index contributed by atoms with van der Waals surface area (Å²) in [4.78, 5) is 29.3. The molecule has 0 spiro atoms. The minimum atomic E-state index is -0.296. The number of likely N-dealkylation sites (N-methyl/N-ethyl adjacent to an activating group) is 1. The maximum atomic E-state index is 12.8. The van der Waals surface area contributed by atoms with Gasteiger partial charge in [-0.2, -0.15) is 0 Å². The van der Waals surface area contributed by atoms with Gasteiger partial charge in [0.05, 0.1) is 0 Å². The Morgan fingerprint density at radius 3 is 2.24 bits per heavy atom. The van der Waals surface area contributed by atoms with Gasteiger partial charge in [-0.1, -0.05) is 55.2 Å². The van der Waals surface area contributed by atoms with Crippen LogP contribution in [-0.2, 0) is 11.3 Å². The molecule has 2 aromatic carbocycles. The highest BCUT2D eigenvalue weighted by molar-refractivity contribution is 5.98. The van der Waals surface area contributed by atoms with Gasteiger partial charge < -0.3 is 15.5 Å². The van der Waals surface area contributed by atoms with Crippen molar-refractivity contribution in [3.05, 3.63) is 58.7 Å². The smallest absolute Gasteiger partial charge is 0.322 e. The third-order valence-electron chi connectivity index (χ3n) is 6.55. The molecule has 1 fully saturated rings. The highest BCUT2D eigenvalue weighted by Gasteiger charge is 2.20. The number of nitrogens with zero attached hydrogens (tertiary/aromatic N) is 2. The number of carbonyl (C=O) groups excluding carboxylic acids is 2. The van der Waals surface area contributed by atoms with E-state index in [4.69, 9.17) is 0 Å². The first-order valence-electron chi connectivity index (χ1n) is 11.9. The lowest BCUT2D eigenvalue weighted by atomic mass is 9.94. The number of aryl methyl sites for hydroxylation is 3. The number of anilines is 2. The van der Waals surface area contributed by atoms with Gasteiger partial charge in [0.2, 0.25) is 5.91 Å². The van der Waals surface area contributed by atoms with E-state index in [2.05, 4.69) is 28.6 Å². The van der Waals surface area contributed by atoms with E-state index in [1.165, 1.54) is 37.0 Å². The molecule has 6 nitrogen and oxygen atoms in total. The fourth-order valence-electron chi connectivity index (χ4n) is 4.75. The second kappa shape index (κ2) is 11.3. The van der Waals surface area contributed by atoms with Gasteiger partial charge >= 0.3 is 6.03 Å². The van der Waals surface area contributed by atoms with Crippen molar-refractivity contribution in [3.63, 3.8) is 0 Å². The number of benzene rings is 2. The highest BCUT2D eigenvalue weighted by atomic mass is 16.2. The number of amides is 3. The van der Waals surface area contributed by atoms with Crippen LogP contribution in [-0.4, -0.2) is 48.4 Å². The summed E-state index contributed by atoms with van der Waals surface area (Å²) in [5.74, 6) is -0.215. The lowest BCUT2D eigenvalue weighted by molar-refractivity contribution is -0.116. The van der Waals surface area contributed by atoms with E-state index in [1.807, 2.05) is 51.1 Å². The van der Waals surface area contributed by atoms with Crippen LogP contribution in [0, 0.1) is 20.8 Å². The number of hydrogen-bond donors (Lipinski definition) is 2.